The molecule has 78 valence electrons. The molecule has 0 aliphatic rings. The minimum absolute atomic E-state index is 0.332. The van der Waals surface area contributed by atoms with E-state index in [1.54, 1.807) is 6.07 Å². The molecule has 1 amide bonds. The van der Waals surface area contributed by atoms with Crippen LogP contribution < -0.4 is 11.3 Å². The van der Waals surface area contributed by atoms with Gasteiger partial charge in [0.25, 0.3) is 5.56 Å². The monoisotopic (exact) mass is 222 g/mol. The van der Waals surface area contributed by atoms with Crippen LogP contribution in [-0.2, 0) is 0 Å². The molecule has 0 spiro atoms. The fourth-order valence-corrected chi connectivity index (χ4v) is 2.59. The molecule has 2 heterocycles. The van der Waals surface area contributed by atoms with E-state index in [2.05, 4.69) is 0 Å². The van der Waals surface area contributed by atoms with E-state index in [-0.39, 0.29) is 5.56 Å². The number of hydrogen-bond donors (Lipinski definition) is 1. The van der Waals surface area contributed by atoms with Gasteiger partial charge in [-0.3, -0.25) is 4.79 Å². The first kappa shape index (κ1) is 9.92. The largest absolute Gasteiger partial charge is 0.351 e. The first-order valence-electron chi connectivity index (χ1n) is 4.43. The molecule has 0 radical (unpaired) electrons. The van der Waals surface area contributed by atoms with Gasteiger partial charge in [-0.05, 0) is 25.5 Å². The molecule has 4 nitrogen and oxygen atoms in total. The maximum absolute atomic E-state index is 11.8. The van der Waals surface area contributed by atoms with E-state index in [9.17, 15) is 9.59 Å². The number of nitrogens with two attached hydrogens (primary N) is 1. The van der Waals surface area contributed by atoms with Gasteiger partial charge < -0.3 is 5.73 Å². The number of primary amides is 1. The number of nitrogens with zero attached hydrogens (tertiary/aromatic N) is 1. The topological polar surface area (TPSA) is 65.1 Å². The summed E-state index contributed by atoms with van der Waals surface area (Å²) in [5, 5.41) is 0.903. The Morgan fingerprint density at radius 1 is 1.47 bits per heavy atom. The van der Waals surface area contributed by atoms with Crippen LogP contribution in [0.3, 0.4) is 0 Å². The lowest BCUT2D eigenvalue weighted by Crippen LogP contribution is -2.30. The van der Waals surface area contributed by atoms with Crippen molar-refractivity contribution in [2.75, 3.05) is 0 Å². The Morgan fingerprint density at radius 3 is 2.73 bits per heavy atom. The summed E-state index contributed by atoms with van der Waals surface area (Å²) < 4.78 is 1.52. The number of aryl methyl sites for hydroxylation is 2. The molecule has 2 aromatic heterocycles. The lowest BCUT2D eigenvalue weighted by Gasteiger charge is -1.98. The first-order chi connectivity index (χ1) is 7.02. The molecule has 2 aromatic rings. The normalized spacial score (nSPS) is 10.8. The van der Waals surface area contributed by atoms with Crippen LogP contribution in [0, 0.1) is 13.8 Å². The number of aromatic nitrogens is 1. The summed E-state index contributed by atoms with van der Waals surface area (Å²) in [5.74, 6) is 0. The Balaban J connectivity index is 2.92. The zero-order chi connectivity index (χ0) is 11.2. The quantitative estimate of drug-likeness (QED) is 0.735. The van der Waals surface area contributed by atoms with Gasteiger partial charge in [0.05, 0.1) is 0 Å². The summed E-state index contributed by atoms with van der Waals surface area (Å²) in [7, 11) is 0. The lowest BCUT2D eigenvalue weighted by atomic mass is 10.2. The van der Waals surface area contributed by atoms with Gasteiger partial charge in [0.15, 0.2) is 0 Å². The van der Waals surface area contributed by atoms with E-state index >= 15 is 0 Å². The van der Waals surface area contributed by atoms with Crippen molar-refractivity contribution in [3.05, 3.63) is 33.1 Å². The highest BCUT2D eigenvalue weighted by Crippen LogP contribution is 2.26. The van der Waals surface area contributed by atoms with Crippen molar-refractivity contribution < 1.29 is 4.79 Å². The van der Waals surface area contributed by atoms with Gasteiger partial charge in [0, 0.05) is 16.5 Å². The van der Waals surface area contributed by atoms with E-state index in [1.165, 1.54) is 17.5 Å². The Bertz CT molecular complexity index is 610. The molecule has 0 aliphatic heterocycles. The molecule has 0 bridgehead atoms. The summed E-state index contributed by atoms with van der Waals surface area (Å²) in [4.78, 5) is 23.8. The van der Waals surface area contributed by atoms with Crippen LogP contribution in [0.4, 0.5) is 4.79 Å². The molecule has 0 aromatic carbocycles. The molecule has 0 unspecified atom stereocenters. The average molecular weight is 222 g/mol. The van der Waals surface area contributed by atoms with Crippen LogP contribution in [-0.4, -0.2) is 10.6 Å². The highest BCUT2D eigenvalue weighted by atomic mass is 32.1. The van der Waals surface area contributed by atoms with E-state index in [4.69, 9.17) is 5.73 Å². The van der Waals surface area contributed by atoms with E-state index < -0.39 is 6.03 Å². The maximum atomic E-state index is 11.8. The van der Waals surface area contributed by atoms with Gasteiger partial charge in [-0.25, -0.2) is 9.36 Å². The zero-order valence-corrected chi connectivity index (χ0v) is 9.22. The first-order valence-corrected chi connectivity index (χ1v) is 5.25. The number of carbonyl (C=O) groups is 1. The number of amides is 1. The van der Waals surface area contributed by atoms with Crippen molar-refractivity contribution in [1.82, 2.24) is 4.57 Å². The van der Waals surface area contributed by atoms with Crippen LogP contribution in [0.1, 0.15) is 10.4 Å². The van der Waals surface area contributed by atoms with Crippen molar-refractivity contribution in [3.63, 3.8) is 0 Å². The second kappa shape index (κ2) is 3.20. The summed E-state index contributed by atoms with van der Waals surface area (Å²) in [6, 6.07) is 1.01. The van der Waals surface area contributed by atoms with Gasteiger partial charge in [-0.15, -0.1) is 11.3 Å². The van der Waals surface area contributed by atoms with E-state index in [0.29, 0.717) is 4.70 Å². The molecular weight excluding hydrogens is 212 g/mol. The summed E-state index contributed by atoms with van der Waals surface area (Å²) >= 11 is 1.40. The van der Waals surface area contributed by atoms with Crippen LogP contribution >= 0.6 is 11.3 Å². The number of pyridine rings is 1. The fraction of sp³-hybridized carbons (Fsp3) is 0.200. The molecule has 2 rings (SSSR count). The van der Waals surface area contributed by atoms with Crippen molar-refractivity contribution in [2.45, 2.75) is 13.8 Å². The van der Waals surface area contributed by atoms with Crippen LogP contribution in [0.5, 0.6) is 0 Å². The Labute approximate surface area is 89.9 Å². The third kappa shape index (κ3) is 1.35. The summed E-state index contributed by atoms with van der Waals surface area (Å²) in [6.07, 6.45) is 1.42. The van der Waals surface area contributed by atoms with Crippen molar-refractivity contribution >= 4 is 27.5 Å². The minimum Gasteiger partial charge on any atom is -0.351 e. The van der Waals surface area contributed by atoms with Gasteiger partial charge in [-0.1, -0.05) is 0 Å². The minimum atomic E-state index is -0.745. The second-order valence-corrected chi connectivity index (χ2v) is 4.58. The number of carbonyl (C=O) groups excluding carboxylic acids is 1. The maximum Gasteiger partial charge on any atom is 0.325 e. The Hall–Kier alpha value is -1.62. The molecular formula is C10H10N2O2S. The van der Waals surface area contributed by atoms with Gasteiger partial charge >= 0.3 is 6.03 Å². The molecule has 0 saturated heterocycles. The standard InChI is InChI=1S/C10H10N2O2S/c1-5-6(2)15-8-7(5)3-4-12(9(8)13)10(11)14/h3-4H,1-2H3,(H2,11,14). The number of rotatable bonds is 0. The third-order valence-corrected chi connectivity index (χ3v) is 3.68. The predicted octanol–water partition coefficient (Wildman–Crippen LogP) is 1.61. The number of thiophene rings is 1. The Kier molecular flexibility index (Phi) is 2.12. The molecule has 0 atom stereocenters. The van der Waals surface area contributed by atoms with Crippen LogP contribution in [0.25, 0.3) is 10.1 Å². The van der Waals surface area contributed by atoms with E-state index in [1.807, 2.05) is 13.8 Å². The highest BCUT2D eigenvalue weighted by molar-refractivity contribution is 7.19. The third-order valence-electron chi connectivity index (χ3n) is 2.47. The second-order valence-electron chi connectivity index (χ2n) is 3.36. The molecule has 0 fully saturated rings. The van der Waals surface area contributed by atoms with Gasteiger partial charge in [0.2, 0.25) is 0 Å². The van der Waals surface area contributed by atoms with Crippen LogP contribution in [0.15, 0.2) is 17.1 Å². The SMILES string of the molecule is Cc1sc2c(=O)n(C(N)=O)ccc2c1C. The van der Waals surface area contributed by atoms with Crippen molar-refractivity contribution in [2.24, 2.45) is 5.73 Å². The summed E-state index contributed by atoms with van der Waals surface area (Å²) in [6.45, 7) is 3.91. The lowest BCUT2D eigenvalue weighted by molar-refractivity contribution is 0.249. The number of fused-ring (bicyclic) bond motifs is 1. The predicted molar refractivity (Wildman–Crippen MR) is 60.5 cm³/mol. The smallest absolute Gasteiger partial charge is 0.325 e. The van der Waals surface area contributed by atoms with Crippen molar-refractivity contribution in [1.29, 1.82) is 0 Å². The average Bonchev–Trinajstić information content (AvgIpc) is 2.45. The summed E-state index contributed by atoms with van der Waals surface area (Å²) in [5.41, 5.74) is 5.83. The number of hydrogen-bond acceptors (Lipinski definition) is 3. The zero-order valence-electron chi connectivity index (χ0n) is 8.40. The molecule has 15 heavy (non-hydrogen) atoms. The van der Waals surface area contributed by atoms with E-state index in [0.717, 1.165) is 20.4 Å². The van der Waals surface area contributed by atoms with Crippen LogP contribution in [0.2, 0.25) is 0 Å². The molecule has 0 saturated carbocycles. The molecule has 2 N–H and O–H groups in total. The molecule has 5 heteroatoms. The fourth-order valence-electron chi connectivity index (χ4n) is 1.50. The Morgan fingerprint density at radius 2 is 2.13 bits per heavy atom. The van der Waals surface area contributed by atoms with Gasteiger partial charge in [-0.2, -0.15) is 0 Å². The molecule has 0 aliphatic carbocycles. The van der Waals surface area contributed by atoms with Crippen molar-refractivity contribution in [3.8, 4) is 0 Å². The van der Waals surface area contributed by atoms with Gasteiger partial charge in [0.1, 0.15) is 4.70 Å². The highest BCUT2D eigenvalue weighted by Gasteiger charge is 2.11.